The van der Waals surface area contributed by atoms with Gasteiger partial charge in [-0.1, -0.05) is 106 Å². The van der Waals surface area contributed by atoms with Crippen LogP contribution in [-0.4, -0.2) is 0 Å². The number of fused-ring (bicyclic) bond motifs is 9. The summed E-state index contributed by atoms with van der Waals surface area (Å²) in [6, 6.07) is 30.2. The Balaban J connectivity index is 1.36. The van der Waals surface area contributed by atoms with Crippen molar-refractivity contribution in [1.82, 2.24) is 0 Å². The first-order valence-corrected chi connectivity index (χ1v) is 15.6. The summed E-state index contributed by atoms with van der Waals surface area (Å²) in [5.41, 5.74) is 7.38. The third-order valence-corrected chi connectivity index (χ3v) is 10.4. The standard InChI is InChI=1S/C35H32S2/c1-2-3-4-5-6-7-12-26-31-22-23(32-14-10-21-36-32)15-16-24(31)27-17-20-30-28(34(26)27)18-19-29-25-11-8-9-13-33(25)37-35(29)30/h8-11,13-22,26H,2-7,12H2,1H3. The van der Waals surface area contributed by atoms with Gasteiger partial charge in [0.05, 0.1) is 0 Å². The highest BCUT2D eigenvalue weighted by atomic mass is 32.1. The maximum absolute atomic E-state index is 2.51. The van der Waals surface area contributed by atoms with Crippen molar-refractivity contribution in [2.75, 3.05) is 0 Å². The molecule has 0 aliphatic heterocycles. The minimum Gasteiger partial charge on any atom is -0.144 e. The Kier molecular flexibility index (Phi) is 6.11. The van der Waals surface area contributed by atoms with Gasteiger partial charge in [0.25, 0.3) is 0 Å². The first-order chi connectivity index (χ1) is 18.3. The predicted octanol–water partition coefficient (Wildman–Crippen LogP) is 11.8. The lowest BCUT2D eigenvalue weighted by Gasteiger charge is -2.17. The van der Waals surface area contributed by atoms with E-state index in [1.54, 1.807) is 11.1 Å². The monoisotopic (exact) mass is 516 g/mol. The zero-order valence-electron chi connectivity index (χ0n) is 21.4. The van der Waals surface area contributed by atoms with Crippen LogP contribution in [0.3, 0.4) is 0 Å². The molecule has 0 nitrogen and oxygen atoms in total. The Bertz CT molecular complexity index is 1720. The summed E-state index contributed by atoms with van der Waals surface area (Å²) < 4.78 is 2.83. The van der Waals surface area contributed by atoms with Crippen LogP contribution >= 0.6 is 22.7 Å². The van der Waals surface area contributed by atoms with E-state index >= 15 is 0 Å². The van der Waals surface area contributed by atoms with E-state index < -0.39 is 0 Å². The Morgan fingerprint density at radius 2 is 1.46 bits per heavy atom. The molecule has 4 aromatic carbocycles. The molecular weight excluding hydrogens is 485 g/mol. The van der Waals surface area contributed by atoms with Gasteiger partial charge >= 0.3 is 0 Å². The third-order valence-electron chi connectivity index (χ3n) is 8.30. The number of thiophene rings is 2. The molecule has 0 bridgehead atoms. The summed E-state index contributed by atoms with van der Waals surface area (Å²) in [5, 5.41) is 7.86. The topological polar surface area (TPSA) is 0 Å². The molecule has 0 N–H and O–H groups in total. The van der Waals surface area contributed by atoms with E-state index in [1.165, 1.54) is 97.5 Å². The van der Waals surface area contributed by atoms with Gasteiger partial charge in [-0.25, -0.2) is 0 Å². The second kappa shape index (κ2) is 9.74. The van der Waals surface area contributed by atoms with Crippen molar-refractivity contribution in [3.05, 3.63) is 95.4 Å². The molecule has 0 fully saturated rings. The van der Waals surface area contributed by atoms with E-state index in [1.807, 2.05) is 22.7 Å². The first kappa shape index (κ1) is 23.2. The molecule has 6 aromatic rings. The van der Waals surface area contributed by atoms with Gasteiger partial charge in [-0.15, -0.1) is 22.7 Å². The van der Waals surface area contributed by atoms with Gasteiger partial charge in [-0.2, -0.15) is 0 Å². The fraction of sp³-hybridized carbons (Fsp3) is 0.257. The summed E-state index contributed by atoms with van der Waals surface area (Å²) >= 11 is 3.80. The molecule has 2 heterocycles. The van der Waals surface area contributed by atoms with E-state index in [0.717, 1.165) is 0 Å². The van der Waals surface area contributed by atoms with E-state index in [-0.39, 0.29) is 0 Å². The average Bonchev–Trinajstić information content (AvgIpc) is 3.67. The summed E-state index contributed by atoms with van der Waals surface area (Å²) in [5.74, 6) is 0.478. The van der Waals surface area contributed by atoms with Crippen LogP contribution in [-0.2, 0) is 0 Å². The van der Waals surface area contributed by atoms with Crippen molar-refractivity contribution < 1.29 is 0 Å². The van der Waals surface area contributed by atoms with Crippen molar-refractivity contribution >= 4 is 53.6 Å². The Morgan fingerprint density at radius 1 is 0.676 bits per heavy atom. The predicted molar refractivity (Wildman–Crippen MR) is 165 cm³/mol. The van der Waals surface area contributed by atoms with Crippen molar-refractivity contribution in [3.63, 3.8) is 0 Å². The number of rotatable bonds is 8. The maximum atomic E-state index is 2.51. The highest BCUT2D eigenvalue weighted by molar-refractivity contribution is 7.26. The molecular formula is C35H32S2. The molecule has 1 aliphatic carbocycles. The fourth-order valence-corrected chi connectivity index (χ4v) is 8.45. The fourth-order valence-electron chi connectivity index (χ4n) is 6.50. The molecule has 1 atom stereocenters. The number of unbranched alkanes of at least 4 members (excludes halogenated alkanes) is 5. The molecule has 0 amide bonds. The molecule has 0 saturated heterocycles. The molecule has 1 unspecified atom stereocenters. The molecule has 0 radical (unpaired) electrons. The minimum absolute atomic E-state index is 0.478. The summed E-state index contributed by atoms with van der Waals surface area (Å²) in [6.45, 7) is 2.30. The van der Waals surface area contributed by atoms with Crippen LogP contribution in [0.1, 0.15) is 68.9 Å². The maximum Gasteiger partial charge on any atom is 0.0433 e. The molecule has 184 valence electrons. The Labute approximate surface area is 227 Å². The number of hydrogen-bond acceptors (Lipinski definition) is 2. The Morgan fingerprint density at radius 3 is 2.35 bits per heavy atom. The second-order valence-electron chi connectivity index (χ2n) is 10.6. The van der Waals surface area contributed by atoms with Gasteiger partial charge in [-0.05, 0) is 68.6 Å². The minimum atomic E-state index is 0.478. The molecule has 1 aliphatic rings. The number of benzene rings is 4. The van der Waals surface area contributed by atoms with Gasteiger partial charge < -0.3 is 0 Å². The first-order valence-electron chi connectivity index (χ1n) is 13.9. The van der Waals surface area contributed by atoms with Crippen LogP contribution < -0.4 is 0 Å². The quantitative estimate of drug-likeness (QED) is 0.176. The largest absolute Gasteiger partial charge is 0.144 e. The van der Waals surface area contributed by atoms with Gasteiger partial charge in [0.15, 0.2) is 0 Å². The normalized spacial score (nSPS) is 14.6. The van der Waals surface area contributed by atoms with Crippen molar-refractivity contribution in [2.24, 2.45) is 0 Å². The van der Waals surface area contributed by atoms with Crippen LogP contribution in [0.25, 0.3) is 52.5 Å². The summed E-state index contributed by atoms with van der Waals surface area (Å²) in [7, 11) is 0. The molecule has 2 heteroatoms. The Hall–Kier alpha value is -2.94. The van der Waals surface area contributed by atoms with Crippen molar-refractivity contribution in [3.8, 4) is 21.6 Å². The molecule has 0 spiro atoms. The van der Waals surface area contributed by atoms with Crippen LogP contribution in [0.2, 0.25) is 0 Å². The van der Waals surface area contributed by atoms with E-state index in [9.17, 15) is 0 Å². The SMILES string of the molecule is CCCCCCCCC1c2cc(-c3cccs3)ccc2-c2ccc3c(ccc4c5ccccc5sc34)c21. The summed E-state index contributed by atoms with van der Waals surface area (Å²) in [6.07, 6.45) is 9.32. The van der Waals surface area contributed by atoms with Gasteiger partial charge in [0.1, 0.15) is 0 Å². The highest BCUT2D eigenvalue weighted by Crippen LogP contribution is 2.52. The van der Waals surface area contributed by atoms with Crippen molar-refractivity contribution in [1.29, 1.82) is 0 Å². The van der Waals surface area contributed by atoms with Gasteiger partial charge in [0.2, 0.25) is 0 Å². The molecule has 2 aromatic heterocycles. The number of hydrogen-bond donors (Lipinski definition) is 0. The zero-order valence-corrected chi connectivity index (χ0v) is 23.1. The summed E-state index contributed by atoms with van der Waals surface area (Å²) in [4.78, 5) is 1.37. The lowest BCUT2D eigenvalue weighted by Crippen LogP contribution is -1.98. The van der Waals surface area contributed by atoms with Gasteiger partial charge in [-0.3, -0.25) is 0 Å². The highest BCUT2D eigenvalue weighted by Gasteiger charge is 2.31. The van der Waals surface area contributed by atoms with Crippen LogP contribution in [0.4, 0.5) is 0 Å². The molecule has 37 heavy (non-hydrogen) atoms. The van der Waals surface area contributed by atoms with Gasteiger partial charge in [0, 0.05) is 31.0 Å². The third kappa shape index (κ3) is 3.93. The second-order valence-corrected chi connectivity index (χ2v) is 12.6. The average molecular weight is 517 g/mol. The zero-order chi connectivity index (χ0) is 24.8. The lowest BCUT2D eigenvalue weighted by molar-refractivity contribution is 0.572. The van der Waals surface area contributed by atoms with Crippen LogP contribution in [0, 0.1) is 0 Å². The van der Waals surface area contributed by atoms with E-state index in [2.05, 4.69) is 91.2 Å². The smallest absolute Gasteiger partial charge is 0.0433 e. The lowest BCUT2D eigenvalue weighted by atomic mass is 9.87. The van der Waals surface area contributed by atoms with Crippen LogP contribution in [0.15, 0.2) is 84.2 Å². The van der Waals surface area contributed by atoms with Crippen LogP contribution in [0.5, 0.6) is 0 Å². The van der Waals surface area contributed by atoms with E-state index in [4.69, 9.17) is 0 Å². The van der Waals surface area contributed by atoms with Crippen molar-refractivity contribution in [2.45, 2.75) is 57.8 Å². The molecule has 7 rings (SSSR count). The van der Waals surface area contributed by atoms with E-state index in [0.29, 0.717) is 5.92 Å². The molecule has 0 saturated carbocycles.